The molecule has 0 aliphatic carbocycles. The average molecular weight is 369 g/mol. The second kappa shape index (κ2) is 7.78. The zero-order valence-corrected chi connectivity index (χ0v) is 15.9. The number of rotatable bonds is 6. The highest BCUT2D eigenvalue weighted by atomic mass is 16.5. The van der Waals surface area contributed by atoms with Crippen LogP contribution in [0.2, 0.25) is 0 Å². The van der Waals surface area contributed by atoms with E-state index in [-0.39, 0.29) is 5.91 Å². The van der Waals surface area contributed by atoms with Crippen LogP contribution in [-0.2, 0) is 21.7 Å². The molecule has 27 heavy (non-hydrogen) atoms. The fraction of sp³-hybridized carbons (Fsp3) is 0.550. The number of fused-ring (bicyclic) bond motifs is 1. The van der Waals surface area contributed by atoms with E-state index in [4.69, 9.17) is 4.74 Å². The van der Waals surface area contributed by atoms with Crippen LogP contribution in [0.15, 0.2) is 30.3 Å². The van der Waals surface area contributed by atoms with Crippen LogP contribution in [0.1, 0.15) is 32.0 Å². The Kier molecular flexibility index (Phi) is 5.22. The largest absolute Gasteiger partial charge is 0.370 e. The third kappa shape index (κ3) is 3.61. The number of nitrogens with one attached hydrogen (secondary N) is 1. The molecule has 1 aromatic carbocycles. The number of benzene rings is 1. The van der Waals surface area contributed by atoms with E-state index in [0.29, 0.717) is 31.4 Å². The minimum Gasteiger partial charge on any atom is -0.370 e. The number of likely N-dealkylation sites (tertiary alicyclic amines) is 1. The molecule has 1 aromatic heterocycles. The molecule has 0 bridgehead atoms. The highest BCUT2D eigenvalue weighted by Crippen LogP contribution is 2.30. The molecule has 7 heteroatoms. The van der Waals surface area contributed by atoms with Crippen LogP contribution in [0.25, 0.3) is 11.4 Å². The Hall–Kier alpha value is -2.25. The van der Waals surface area contributed by atoms with Crippen molar-refractivity contribution in [2.24, 2.45) is 0 Å². The first kappa shape index (κ1) is 18.1. The summed E-state index contributed by atoms with van der Waals surface area (Å²) in [4.78, 5) is 15.5. The van der Waals surface area contributed by atoms with Crippen molar-refractivity contribution >= 4 is 5.91 Å². The van der Waals surface area contributed by atoms with Gasteiger partial charge in [0.2, 0.25) is 5.91 Å². The van der Waals surface area contributed by atoms with Crippen molar-refractivity contribution in [3.05, 3.63) is 36.2 Å². The van der Waals surface area contributed by atoms with Gasteiger partial charge in [-0.25, -0.2) is 0 Å². The molecule has 3 heterocycles. The van der Waals surface area contributed by atoms with Crippen molar-refractivity contribution in [3.63, 3.8) is 0 Å². The molecule has 7 nitrogen and oxygen atoms in total. The summed E-state index contributed by atoms with van der Waals surface area (Å²) < 4.78 is 7.62. The molecular formula is C20H27N5O2. The number of hydrogen-bond donors (Lipinski definition) is 1. The van der Waals surface area contributed by atoms with Gasteiger partial charge in [-0.15, -0.1) is 10.2 Å². The van der Waals surface area contributed by atoms with E-state index < -0.39 is 5.54 Å². The standard InChI is InChI=1S/C20H27N5O2/c1-20(19(26)21-10-7-13-24-11-5-6-12-24)15-27-14-17-22-23-18(25(17)20)16-8-3-2-4-9-16/h2-4,8-9H,5-7,10-15H2,1H3,(H,21,26). The number of carbonyl (C=O) groups is 1. The van der Waals surface area contributed by atoms with Crippen LogP contribution in [-0.4, -0.2) is 58.4 Å². The Bertz CT molecular complexity index is 785. The van der Waals surface area contributed by atoms with Crippen LogP contribution in [0.3, 0.4) is 0 Å². The van der Waals surface area contributed by atoms with Gasteiger partial charge in [0.15, 0.2) is 11.6 Å². The Balaban J connectivity index is 1.48. The lowest BCUT2D eigenvalue weighted by Gasteiger charge is -2.35. The molecule has 1 unspecified atom stereocenters. The van der Waals surface area contributed by atoms with Crippen molar-refractivity contribution < 1.29 is 9.53 Å². The predicted molar refractivity (Wildman–Crippen MR) is 102 cm³/mol. The third-order valence-electron chi connectivity index (χ3n) is 5.49. The van der Waals surface area contributed by atoms with Crippen molar-refractivity contribution in [1.82, 2.24) is 25.0 Å². The zero-order valence-electron chi connectivity index (χ0n) is 15.9. The van der Waals surface area contributed by atoms with Crippen LogP contribution in [0, 0.1) is 0 Å². The number of amides is 1. The molecule has 1 N–H and O–H groups in total. The summed E-state index contributed by atoms with van der Waals surface area (Å²) in [7, 11) is 0. The molecule has 4 rings (SSSR count). The average Bonchev–Trinajstić information content (AvgIpc) is 3.36. The highest BCUT2D eigenvalue weighted by Gasteiger charge is 2.42. The van der Waals surface area contributed by atoms with Crippen molar-refractivity contribution in [1.29, 1.82) is 0 Å². The Labute approximate surface area is 159 Å². The Morgan fingerprint density at radius 1 is 1.22 bits per heavy atom. The maximum atomic E-state index is 13.1. The van der Waals surface area contributed by atoms with Gasteiger partial charge in [-0.1, -0.05) is 30.3 Å². The van der Waals surface area contributed by atoms with Crippen LogP contribution >= 0.6 is 0 Å². The number of nitrogens with zero attached hydrogens (tertiary/aromatic N) is 4. The maximum Gasteiger partial charge on any atom is 0.248 e. The monoisotopic (exact) mass is 369 g/mol. The van der Waals surface area contributed by atoms with Crippen molar-refractivity contribution in [3.8, 4) is 11.4 Å². The van der Waals surface area contributed by atoms with Crippen LogP contribution in [0.5, 0.6) is 0 Å². The first-order valence-electron chi connectivity index (χ1n) is 9.77. The number of hydrogen-bond acceptors (Lipinski definition) is 5. The van der Waals surface area contributed by atoms with E-state index >= 15 is 0 Å². The molecule has 2 aliphatic rings. The summed E-state index contributed by atoms with van der Waals surface area (Å²) in [6.45, 7) is 6.67. The SMILES string of the molecule is CC1(C(=O)NCCCN2CCCC2)COCc2nnc(-c3ccccc3)n21. The van der Waals surface area contributed by atoms with Gasteiger partial charge >= 0.3 is 0 Å². The minimum atomic E-state index is -0.851. The lowest BCUT2D eigenvalue weighted by atomic mass is 9.99. The molecule has 1 saturated heterocycles. The molecule has 0 spiro atoms. The zero-order chi connectivity index (χ0) is 18.7. The maximum absolute atomic E-state index is 13.1. The molecule has 0 radical (unpaired) electrons. The summed E-state index contributed by atoms with van der Waals surface area (Å²) in [5.41, 5.74) is 0.0989. The van der Waals surface area contributed by atoms with Crippen molar-refractivity contribution in [2.75, 3.05) is 32.8 Å². The molecule has 1 fully saturated rings. The Morgan fingerprint density at radius 3 is 2.78 bits per heavy atom. The van der Waals surface area contributed by atoms with Gasteiger partial charge in [0.1, 0.15) is 12.1 Å². The van der Waals surface area contributed by atoms with E-state index in [1.165, 1.54) is 25.9 Å². The van der Waals surface area contributed by atoms with Gasteiger partial charge in [0.05, 0.1) is 6.61 Å². The fourth-order valence-corrected chi connectivity index (χ4v) is 3.98. The van der Waals surface area contributed by atoms with Crippen LogP contribution < -0.4 is 5.32 Å². The second-order valence-corrected chi connectivity index (χ2v) is 7.57. The van der Waals surface area contributed by atoms with E-state index in [1.807, 2.05) is 41.8 Å². The summed E-state index contributed by atoms with van der Waals surface area (Å²) in [6.07, 6.45) is 3.55. The lowest BCUT2D eigenvalue weighted by molar-refractivity contribution is -0.135. The van der Waals surface area contributed by atoms with Gasteiger partial charge < -0.3 is 15.0 Å². The summed E-state index contributed by atoms with van der Waals surface area (Å²) >= 11 is 0. The third-order valence-corrected chi connectivity index (χ3v) is 5.49. The van der Waals surface area contributed by atoms with Crippen LogP contribution in [0.4, 0.5) is 0 Å². The molecule has 1 amide bonds. The predicted octanol–water partition coefficient (Wildman–Crippen LogP) is 1.79. The highest BCUT2D eigenvalue weighted by molar-refractivity contribution is 5.85. The van der Waals surface area contributed by atoms with E-state index in [1.54, 1.807) is 0 Å². The topological polar surface area (TPSA) is 72.3 Å². The Morgan fingerprint density at radius 2 is 2.00 bits per heavy atom. The van der Waals surface area contributed by atoms with Gasteiger partial charge in [-0.2, -0.15) is 0 Å². The quantitative estimate of drug-likeness (QED) is 0.786. The van der Waals surface area contributed by atoms with Gasteiger partial charge in [-0.3, -0.25) is 9.36 Å². The van der Waals surface area contributed by atoms with Crippen molar-refractivity contribution in [2.45, 2.75) is 38.3 Å². The number of ether oxygens (including phenoxy) is 1. The molecule has 2 aromatic rings. The van der Waals surface area contributed by atoms with E-state index in [0.717, 1.165) is 18.5 Å². The normalized spacial score (nSPS) is 22.6. The van der Waals surface area contributed by atoms with Gasteiger partial charge in [0.25, 0.3) is 0 Å². The number of carbonyl (C=O) groups excluding carboxylic acids is 1. The second-order valence-electron chi connectivity index (χ2n) is 7.57. The summed E-state index contributed by atoms with van der Waals surface area (Å²) in [5.74, 6) is 1.36. The first-order valence-corrected chi connectivity index (χ1v) is 9.77. The van der Waals surface area contributed by atoms with Gasteiger partial charge in [-0.05, 0) is 45.8 Å². The fourth-order valence-electron chi connectivity index (χ4n) is 3.98. The smallest absolute Gasteiger partial charge is 0.248 e. The summed E-state index contributed by atoms with van der Waals surface area (Å²) in [5, 5.41) is 11.7. The minimum absolute atomic E-state index is 0.0400. The van der Waals surface area contributed by atoms with Gasteiger partial charge in [0, 0.05) is 12.1 Å². The molecular weight excluding hydrogens is 342 g/mol. The number of aromatic nitrogens is 3. The molecule has 2 aliphatic heterocycles. The molecule has 144 valence electrons. The van der Waals surface area contributed by atoms with E-state index in [2.05, 4.69) is 20.4 Å². The van der Waals surface area contributed by atoms with E-state index in [9.17, 15) is 4.79 Å². The first-order chi connectivity index (χ1) is 13.2. The lowest BCUT2D eigenvalue weighted by Crippen LogP contribution is -2.53. The summed E-state index contributed by atoms with van der Waals surface area (Å²) in [6, 6.07) is 9.87. The molecule has 1 atom stereocenters. The molecule has 0 saturated carbocycles.